The number of rotatable bonds is 5. The Morgan fingerprint density at radius 1 is 0.875 bits per heavy atom. The minimum Gasteiger partial charge on any atom is -0.384 e. The number of benzene rings is 2. The molecule has 2 aromatic rings. The van der Waals surface area contributed by atoms with Gasteiger partial charge in [0.15, 0.2) is 0 Å². The standard InChI is InChI=1S/C22H25N.C12H15N.2C2H6/c1-4-18(3)23-14-13-17(2)15-22(23)21-12-8-11-20(16-21)19-9-6-5-7-10-19;1-10-6-2-3-7-11(10)12-8-4-5-9-13-12;2*1-2/h5-13,15-16,18H,4,14H2,1-3H3;3-8,11,13H,2,9H2,1H3;2*1-2H3. The van der Waals surface area contributed by atoms with Gasteiger partial charge in [0.25, 0.3) is 0 Å². The molecule has 0 aromatic heterocycles. The number of allylic oxidation sites excluding steroid dienone is 7. The Morgan fingerprint density at radius 3 is 2.23 bits per heavy atom. The predicted octanol–water partition coefficient (Wildman–Crippen LogP) is 10.4. The summed E-state index contributed by atoms with van der Waals surface area (Å²) >= 11 is 0. The van der Waals surface area contributed by atoms with Gasteiger partial charge in [-0.15, -0.1) is 0 Å². The second-order valence-electron chi connectivity index (χ2n) is 9.85. The fraction of sp³-hybridized carbons (Fsp3) is 0.368. The van der Waals surface area contributed by atoms with Crippen molar-refractivity contribution in [2.45, 2.75) is 74.3 Å². The summed E-state index contributed by atoms with van der Waals surface area (Å²) in [7, 11) is 0. The van der Waals surface area contributed by atoms with Gasteiger partial charge in [-0.2, -0.15) is 0 Å². The van der Waals surface area contributed by atoms with Crippen molar-refractivity contribution in [3.05, 3.63) is 126 Å². The molecule has 2 heteroatoms. The molecule has 0 saturated carbocycles. The second-order valence-corrected chi connectivity index (χ2v) is 9.85. The molecular weight excluding hydrogens is 484 g/mol. The third-order valence-corrected chi connectivity index (χ3v) is 7.24. The zero-order valence-corrected chi connectivity index (χ0v) is 26.2. The van der Waals surface area contributed by atoms with E-state index >= 15 is 0 Å². The fourth-order valence-electron chi connectivity index (χ4n) is 4.86. The van der Waals surface area contributed by atoms with Gasteiger partial charge in [-0.3, -0.25) is 0 Å². The van der Waals surface area contributed by atoms with Gasteiger partial charge >= 0.3 is 0 Å². The van der Waals surface area contributed by atoms with E-state index < -0.39 is 0 Å². The first-order valence-electron chi connectivity index (χ1n) is 15.3. The van der Waals surface area contributed by atoms with Gasteiger partial charge in [-0.05, 0) is 68.5 Å². The van der Waals surface area contributed by atoms with Gasteiger partial charge in [0.05, 0.1) is 0 Å². The van der Waals surface area contributed by atoms with Crippen LogP contribution in [0.15, 0.2) is 120 Å². The van der Waals surface area contributed by atoms with Crippen LogP contribution >= 0.6 is 0 Å². The van der Waals surface area contributed by atoms with Crippen LogP contribution in [-0.4, -0.2) is 24.0 Å². The van der Waals surface area contributed by atoms with E-state index in [-0.39, 0.29) is 0 Å². The molecular formula is C38H52N2. The molecule has 214 valence electrons. The lowest BCUT2D eigenvalue weighted by Crippen LogP contribution is -2.33. The monoisotopic (exact) mass is 536 g/mol. The molecule has 1 N–H and O–H groups in total. The van der Waals surface area contributed by atoms with Crippen molar-refractivity contribution < 1.29 is 0 Å². The van der Waals surface area contributed by atoms with Crippen LogP contribution in [0.3, 0.4) is 0 Å². The average molecular weight is 537 g/mol. The average Bonchev–Trinajstić information content (AvgIpc) is 3.04. The molecule has 2 aromatic carbocycles. The largest absolute Gasteiger partial charge is 0.384 e. The van der Waals surface area contributed by atoms with Crippen molar-refractivity contribution in [3.63, 3.8) is 0 Å². The third-order valence-electron chi connectivity index (χ3n) is 7.24. The zero-order chi connectivity index (χ0) is 29.3. The van der Waals surface area contributed by atoms with Gasteiger partial charge in [-0.1, -0.05) is 131 Å². The van der Waals surface area contributed by atoms with E-state index in [1.165, 1.54) is 39.2 Å². The predicted molar refractivity (Wildman–Crippen MR) is 179 cm³/mol. The minimum atomic E-state index is 0.485. The highest BCUT2D eigenvalue weighted by Gasteiger charge is 2.19. The topological polar surface area (TPSA) is 15.3 Å². The Kier molecular flexibility index (Phi) is 14.7. The highest BCUT2D eigenvalue weighted by molar-refractivity contribution is 5.74. The first-order valence-corrected chi connectivity index (χ1v) is 15.3. The lowest BCUT2D eigenvalue weighted by Gasteiger charge is -2.35. The molecule has 2 aliphatic heterocycles. The van der Waals surface area contributed by atoms with Crippen LogP contribution in [0.1, 0.15) is 73.8 Å². The lowest BCUT2D eigenvalue weighted by molar-refractivity contribution is 0.329. The molecule has 2 heterocycles. The smallest absolute Gasteiger partial charge is 0.0447 e. The molecule has 0 amide bonds. The maximum Gasteiger partial charge on any atom is 0.0447 e. The van der Waals surface area contributed by atoms with Crippen molar-refractivity contribution in [3.8, 4) is 11.1 Å². The maximum atomic E-state index is 3.40. The summed E-state index contributed by atoms with van der Waals surface area (Å²) in [6.07, 6.45) is 20.1. The Balaban J connectivity index is 0.000000279. The van der Waals surface area contributed by atoms with Crippen LogP contribution in [0, 0.1) is 5.92 Å². The van der Waals surface area contributed by atoms with Crippen LogP contribution in [0.5, 0.6) is 0 Å². The minimum absolute atomic E-state index is 0.485. The highest BCUT2D eigenvalue weighted by Crippen LogP contribution is 2.30. The quantitative estimate of drug-likeness (QED) is 0.382. The van der Waals surface area contributed by atoms with Crippen molar-refractivity contribution in [2.75, 3.05) is 13.1 Å². The van der Waals surface area contributed by atoms with Gasteiger partial charge in [0.1, 0.15) is 0 Å². The molecule has 5 rings (SSSR count). The first-order chi connectivity index (χ1) is 19.6. The van der Waals surface area contributed by atoms with E-state index in [1.807, 2.05) is 27.7 Å². The van der Waals surface area contributed by atoms with Crippen molar-refractivity contribution in [1.29, 1.82) is 0 Å². The fourth-order valence-corrected chi connectivity index (χ4v) is 4.86. The van der Waals surface area contributed by atoms with Crippen LogP contribution in [-0.2, 0) is 0 Å². The molecule has 0 radical (unpaired) electrons. The molecule has 40 heavy (non-hydrogen) atoms. The Hall–Kier alpha value is -3.52. The molecule has 0 spiro atoms. The molecule has 1 aliphatic carbocycles. The maximum absolute atomic E-state index is 3.40. The summed E-state index contributed by atoms with van der Waals surface area (Å²) in [6.45, 7) is 18.9. The van der Waals surface area contributed by atoms with Crippen molar-refractivity contribution in [1.82, 2.24) is 10.2 Å². The summed E-state index contributed by atoms with van der Waals surface area (Å²) in [5, 5.41) is 3.40. The number of hydrogen-bond donors (Lipinski definition) is 1. The third kappa shape index (κ3) is 9.30. The van der Waals surface area contributed by atoms with E-state index in [0.717, 1.165) is 25.9 Å². The van der Waals surface area contributed by atoms with E-state index in [4.69, 9.17) is 0 Å². The summed E-state index contributed by atoms with van der Waals surface area (Å²) in [5.41, 5.74) is 9.33. The van der Waals surface area contributed by atoms with E-state index in [2.05, 4.69) is 141 Å². The molecule has 2 atom stereocenters. The molecule has 2 nitrogen and oxygen atoms in total. The molecule has 3 aliphatic rings. The molecule has 0 bridgehead atoms. The number of hydrogen-bond acceptors (Lipinski definition) is 2. The molecule has 2 unspecified atom stereocenters. The summed E-state index contributed by atoms with van der Waals surface area (Å²) < 4.78 is 0. The van der Waals surface area contributed by atoms with Gasteiger partial charge in [0, 0.05) is 36.4 Å². The van der Waals surface area contributed by atoms with E-state index in [9.17, 15) is 0 Å². The molecule has 0 saturated heterocycles. The highest BCUT2D eigenvalue weighted by atomic mass is 15.2. The van der Waals surface area contributed by atoms with Gasteiger partial charge < -0.3 is 10.2 Å². The van der Waals surface area contributed by atoms with Gasteiger partial charge in [-0.25, -0.2) is 0 Å². The Labute approximate surface area is 245 Å². The number of dihydropyridines is 1. The van der Waals surface area contributed by atoms with Crippen LogP contribution in [0.25, 0.3) is 16.8 Å². The van der Waals surface area contributed by atoms with Crippen LogP contribution in [0.4, 0.5) is 0 Å². The summed E-state index contributed by atoms with van der Waals surface area (Å²) in [5.74, 6) is 0.485. The van der Waals surface area contributed by atoms with Crippen molar-refractivity contribution >= 4 is 5.70 Å². The van der Waals surface area contributed by atoms with Crippen LogP contribution in [0.2, 0.25) is 0 Å². The lowest BCUT2D eigenvalue weighted by atomic mass is 9.91. The Morgan fingerprint density at radius 2 is 1.57 bits per heavy atom. The summed E-state index contributed by atoms with van der Waals surface area (Å²) in [6, 6.07) is 20.1. The number of nitrogens with one attached hydrogen (secondary N) is 1. The van der Waals surface area contributed by atoms with Crippen LogP contribution < -0.4 is 5.32 Å². The van der Waals surface area contributed by atoms with Crippen molar-refractivity contribution in [2.24, 2.45) is 5.92 Å². The zero-order valence-electron chi connectivity index (χ0n) is 26.2. The van der Waals surface area contributed by atoms with Gasteiger partial charge in [0.2, 0.25) is 0 Å². The normalized spacial score (nSPS) is 18.0. The summed E-state index contributed by atoms with van der Waals surface area (Å²) in [4.78, 5) is 2.51. The molecule has 0 fully saturated rings. The van der Waals surface area contributed by atoms with E-state index in [1.54, 1.807) is 0 Å². The van der Waals surface area contributed by atoms with E-state index in [0.29, 0.717) is 12.0 Å². The number of nitrogens with zero attached hydrogens (tertiary/aromatic N) is 1. The first kappa shape index (κ1) is 32.7. The Bertz CT molecular complexity index is 1210. The second kappa shape index (κ2) is 17.9. The SMILES string of the molecule is CC.CC.CC1=CCC=CC1C1=CC=CCN1.CCC(C)N1CC=C(C)C=C1c1cccc(-c2ccccc2)c1.